The molecule has 1 saturated carbocycles. The van der Waals surface area contributed by atoms with Crippen molar-refractivity contribution in [3.8, 4) is 5.75 Å². The molecule has 2 amide bonds. The minimum absolute atomic E-state index is 0.00506. The largest absolute Gasteiger partial charge is 0.497 e. The number of ether oxygens (including phenoxy) is 1. The summed E-state index contributed by atoms with van der Waals surface area (Å²) in [5.74, 6) is -0.901. The van der Waals surface area contributed by atoms with Crippen molar-refractivity contribution in [3.63, 3.8) is 0 Å². The van der Waals surface area contributed by atoms with Crippen LogP contribution in [0.15, 0.2) is 77.7 Å². The highest BCUT2D eigenvalue weighted by Crippen LogP contribution is 2.28. The average molecular weight is 582 g/mol. The number of aryl methyl sites for hydroxylation is 1. The number of methoxy groups -OCH3 is 1. The number of carbonyl (C=O) groups excluding carboxylic acids is 2. The number of rotatable bonds is 11. The van der Waals surface area contributed by atoms with Gasteiger partial charge in [0, 0.05) is 18.7 Å². The topological polar surface area (TPSA) is 96.0 Å². The highest BCUT2D eigenvalue weighted by Gasteiger charge is 2.33. The molecule has 0 heterocycles. The van der Waals surface area contributed by atoms with E-state index in [4.69, 9.17) is 4.74 Å². The summed E-state index contributed by atoms with van der Waals surface area (Å²) in [5.41, 5.74) is 1.73. The maximum Gasteiger partial charge on any atom is 0.264 e. The maximum absolute atomic E-state index is 14.0. The molecule has 4 rings (SSSR count). The van der Waals surface area contributed by atoms with Gasteiger partial charge >= 0.3 is 0 Å². The zero-order valence-corrected chi connectivity index (χ0v) is 24.4. The molecule has 0 spiro atoms. The van der Waals surface area contributed by atoms with Crippen molar-refractivity contribution >= 4 is 27.5 Å². The predicted molar refractivity (Wildman–Crippen MR) is 156 cm³/mol. The van der Waals surface area contributed by atoms with Crippen LogP contribution in [0.25, 0.3) is 0 Å². The second-order valence-electron chi connectivity index (χ2n) is 10.3. The minimum Gasteiger partial charge on any atom is -0.497 e. The number of anilines is 1. The van der Waals surface area contributed by atoms with E-state index in [0.29, 0.717) is 11.3 Å². The van der Waals surface area contributed by atoms with Crippen LogP contribution >= 0.6 is 0 Å². The number of hydrogen-bond donors (Lipinski definition) is 1. The number of carbonyl (C=O) groups is 2. The number of nitrogens with one attached hydrogen (secondary N) is 1. The molecule has 218 valence electrons. The van der Waals surface area contributed by atoms with Gasteiger partial charge in [0.2, 0.25) is 11.8 Å². The first-order chi connectivity index (χ1) is 19.6. The van der Waals surface area contributed by atoms with Crippen LogP contribution in [0.3, 0.4) is 0 Å². The lowest BCUT2D eigenvalue weighted by Gasteiger charge is -2.32. The Morgan fingerprint density at radius 3 is 2.32 bits per heavy atom. The van der Waals surface area contributed by atoms with Gasteiger partial charge in [-0.2, -0.15) is 0 Å². The minimum atomic E-state index is -4.19. The van der Waals surface area contributed by atoms with Crippen molar-refractivity contribution < 1.29 is 27.1 Å². The lowest BCUT2D eigenvalue weighted by Crippen LogP contribution is -2.52. The van der Waals surface area contributed by atoms with E-state index in [-0.39, 0.29) is 29.1 Å². The predicted octanol–water partition coefficient (Wildman–Crippen LogP) is 4.81. The van der Waals surface area contributed by atoms with E-state index in [9.17, 15) is 22.4 Å². The molecule has 0 saturated heterocycles. The summed E-state index contributed by atoms with van der Waals surface area (Å²) in [5, 5.41) is 3.03. The lowest BCUT2D eigenvalue weighted by molar-refractivity contribution is -0.139. The van der Waals surface area contributed by atoms with E-state index < -0.39 is 34.3 Å². The summed E-state index contributed by atoms with van der Waals surface area (Å²) in [6, 6.07) is 17.6. The van der Waals surface area contributed by atoms with Gasteiger partial charge in [0.25, 0.3) is 10.0 Å². The molecule has 3 aromatic rings. The molecule has 1 aliphatic carbocycles. The Hall–Kier alpha value is -3.92. The normalized spacial score (nSPS) is 14.3. The van der Waals surface area contributed by atoms with Gasteiger partial charge in [0.15, 0.2) is 0 Å². The zero-order chi connectivity index (χ0) is 29.6. The van der Waals surface area contributed by atoms with Gasteiger partial charge in [0.05, 0.1) is 17.7 Å². The fourth-order valence-corrected chi connectivity index (χ4v) is 6.30. The first-order valence-electron chi connectivity index (χ1n) is 13.7. The molecule has 0 aliphatic heterocycles. The Morgan fingerprint density at radius 2 is 1.68 bits per heavy atom. The molecule has 1 N–H and O–H groups in total. The Kier molecular flexibility index (Phi) is 9.65. The van der Waals surface area contributed by atoms with E-state index in [1.165, 1.54) is 36.3 Å². The van der Waals surface area contributed by atoms with Crippen molar-refractivity contribution in [3.05, 3.63) is 89.7 Å². The highest BCUT2D eigenvalue weighted by molar-refractivity contribution is 7.92. The third-order valence-electron chi connectivity index (χ3n) is 7.36. The average Bonchev–Trinajstić information content (AvgIpc) is 3.48. The maximum atomic E-state index is 14.0. The SMILES string of the molecule is COc1cccc(N(CC(=O)N(Cc2ccc(F)cc2)[C@H](C)C(=O)NC2CCCC2)S(=O)(=O)c2ccc(C)cc2)c1. The summed E-state index contributed by atoms with van der Waals surface area (Å²) in [7, 11) is -2.72. The van der Waals surface area contributed by atoms with Gasteiger partial charge in [-0.15, -0.1) is 0 Å². The molecule has 0 unspecified atom stereocenters. The van der Waals surface area contributed by atoms with Crippen molar-refractivity contribution in [1.29, 1.82) is 0 Å². The van der Waals surface area contributed by atoms with Crippen LogP contribution < -0.4 is 14.4 Å². The van der Waals surface area contributed by atoms with Gasteiger partial charge in [0.1, 0.15) is 24.2 Å². The zero-order valence-electron chi connectivity index (χ0n) is 23.5. The number of sulfonamides is 1. The lowest BCUT2D eigenvalue weighted by atomic mass is 10.1. The Labute approximate surface area is 241 Å². The first kappa shape index (κ1) is 30.0. The first-order valence-corrected chi connectivity index (χ1v) is 15.1. The van der Waals surface area contributed by atoms with Crippen molar-refractivity contribution in [1.82, 2.24) is 10.2 Å². The third kappa shape index (κ3) is 7.43. The van der Waals surface area contributed by atoms with Crippen molar-refractivity contribution in [2.75, 3.05) is 18.0 Å². The van der Waals surface area contributed by atoms with Gasteiger partial charge in [-0.05, 0) is 68.7 Å². The van der Waals surface area contributed by atoms with Crippen LogP contribution in [0, 0.1) is 12.7 Å². The van der Waals surface area contributed by atoms with Crippen LogP contribution in [-0.2, 0) is 26.2 Å². The van der Waals surface area contributed by atoms with E-state index in [0.717, 1.165) is 35.6 Å². The molecular weight excluding hydrogens is 545 g/mol. The molecular formula is C31H36FN3O5S. The van der Waals surface area contributed by atoms with Crippen molar-refractivity contribution in [2.24, 2.45) is 0 Å². The highest BCUT2D eigenvalue weighted by atomic mass is 32.2. The molecule has 0 radical (unpaired) electrons. The smallest absolute Gasteiger partial charge is 0.264 e. The molecule has 1 aliphatic rings. The van der Waals surface area contributed by atoms with E-state index in [2.05, 4.69) is 5.32 Å². The van der Waals surface area contributed by atoms with Gasteiger partial charge in [-0.1, -0.05) is 48.7 Å². The molecule has 0 bridgehead atoms. The summed E-state index contributed by atoms with van der Waals surface area (Å²) < 4.78 is 47.8. The van der Waals surface area contributed by atoms with Crippen LogP contribution in [0.5, 0.6) is 5.75 Å². The molecule has 1 fully saturated rings. The van der Waals surface area contributed by atoms with Crippen LogP contribution in [-0.4, -0.2) is 50.9 Å². The number of amides is 2. The summed E-state index contributed by atoms with van der Waals surface area (Å²) in [6.45, 7) is 2.90. The molecule has 1 atom stereocenters. The summed E-state index contributed by atoms with van der Waals surface area (Å²) in [4.78, 5) is 28.6. The van der Waals surface area contributed by atoms with Gasteiger partial charge in [-0.3, -0.25) is 13.9 Å². The fraction of sp³-hybridized carbons (Fsp3) is 0.355. The molecule has 10 heteroatoms. The van der Waals surface area contributed by atoms with Crippen molar-refractivity contribution in [2.45, 2.75) is 63.1 Å². The quantitative estimate of drug-likeness (QED) is 0.351. The standard InChI is InChI=1S/C31H36FN3O5S/c1-22-11-17-29(18-12-22)41(38,39)35(27-9-6-10-28(19-27)40-3)21-30(36)34(20-24-13-15-25(32)16-14-24)23(2)31(37)33-26-7-4-5-8-26/h6,9-19,23,26H,4-5,7-8,20-21H2,1-3H3,(H,33,37)/t23-/m1/s1. The molecule has 3 aromatic carbocycles. The number of nitrogens with zero attached hydrogens (tertiary/aromatic N) is 2. The van der Waals surface area contributed by atoms with Crippen LogP contribution in [0.2, 0.25) is 0 Å². The van der Waals surface area contributed by atoms with E-state index >= 15 is 0 Å². The van der Waals surface area contributed by atoms with Gasteiger partial charge in [-0.25, -0.2) is 12.8 Å². The number of benzene rings is 3. The van der Waals surface area contributed by atoms with E-state index in [1.54, 1.807) is 55.5 Å². The number of halogens is 1. The Bertz CT molecular complexity index is 1460. The monoisotopic (exact) mass is 581 g/mol. The van der Waals surface area contributed by atoms with Gasteiger partial charge < -0.3 is 15.0 Å². The molecule has 41 heavy (non-hydrogen) atoms. The second kappa shape index (κ2) is 13.2. The molecule has 8 nitrogen and oxygen atoms in total. The summed E-state index contributed by atoms with van der Waals surface area (Å²) >= 11 is 0. The second-order valence-corrected chi connectivity index (χ2v) is 12.2. The molecule has 0 aromatic heterocycles. The number of hydrogen-bond acceptors (Lipinski definition) is 5. The third-order valence-corrected chi connectivity index (χ3v) is 9.15. The van der Waals surface area contributed by atoms with Crippen LogP contribution in [0.4, 0.5) is 10.1 Å². The van der Waals surface area contributed by atoms with E-state index in [1.807, 2.05) is 6.92 Å². The Morgan fingerprint density at radius 1 is 1.02 bits per heavy atom. The summed E-state index contributed by atoms with van der Waals surface area (Å²) in [6.07, 6.45) is 3.82. The fourth-order valence-electron chi connectivity index (χ4n) is 4.89. The van der Waals surface area contributed by atoms with Crippen LogP contribution in [0.1, 0.15) is 43.7 Å². The Balaban J connectivity index is 1.69.